The molecule has 0 bridgehead atoms. The fourth-order valence-corrected chi connectivity index (χ4v) is 5.13. The van der Waals surface area contributed by atoms with Crippen LogP contribution in [-0.4, -0.2) is 58.7 Å². The van der Waals surface area contributed by atoms with Crippen LogP contribution in [0.2, 0.25) is 0 Å². The Morgan fingerprint density at radius 1 is 1.00 bits per heavy atom. The van der Waals surface area contributed by atoms with Gasteiger partial charge in [0.25, 0.3) is 0 Å². The molecule has 7 heteroatoms. The molecule has 5 rings (SSSR count). The molecule has 2 unspecified atom stereocenters. The largest absolute Gasteiger partial charge is 0.371 e. The third-order valence-electron chi connectivity index (χ3n) is 5.93. The number of nitrogens with zero attached hydrogens (tertiary/aromatic N) is 5. The van der Waals surface area contributed by atoms with Crippen molar-refractivity contribution in [3.05, 3.63) is 42.7 Å². The molecule has 6 nitrogen and oxygen atoms in total. The Kier molecular flexibility index (Phi) is 4.56. The SMILES string of the molecule is CNc1nc(-c2ccc(N3CC4CN(SC)CC4C3)cc2)cc2nccnc12. The minimum Gasteiger partial charge on any atom is -0.371 e. The molecule has 0 saturated carbocycles. The molecule has 0 aliphatic carbocycles. The molecule has 2 aromatic heterocycles. The maximum atomic E-state index is 4.75. The number of nitrogens with one attached hydrogen (secondary N) is 1. The molecule has 2 aliphatic heterocycles. The average Bonchev–Trinajstić information content (AvgIpc) is 3.32. The topological polar surface area (TPSA) is 57.2 Å². The number of benzene rings is 1. The first-order chi connectivity index (χ1) is 13.7. The standard InChI is InChI=1S/C21H24N6S/c1-22-21-20-19(23-7-8-24-20)9-18(25-21)14-3-5-17(6-4-14)26-10-15-12-27(28-2)13-16(15)11-26/h3-9,15-16H,10-13H2,1-2H3,(H,22,25). The Bertz CT molecular complexity index is 978. The highest BCUT2D eigenvalue weighted by atomic mass is 32.2. The van der Waals surface area contributed by atoms with Crippen molar-refractivity contribution in [1.29, 1.82) is 0 Å². The Labute approximate surface area is 169 Å². The summed E-state index contributed by atoms with van der Waals surface area (Å²) in [6, 6.07) is 10.8. The van der Waals surface area contributed by atoms with Gasteiger partial charge in [0.2, 0.25) is 0 Å². The number of hydrogen-bond donors (Lipinski definition) is 1. The van der Waals surface area contributed by atoms with E-state index in [1.807, 2.05) is 25.1 Å². The predicted molar refractivity (Wildman–Crippen MR) is 117 cm³/mol. The van der Waals surface area contributed by atoms with Crippen molar-refractivity contribution < 1.29 is 0 Å². The van der Waals surface area contributed by atoms with Gasteiger partial charge >= 0.3 is 0 Å². The zero-order chi connectivity index (χ0) is 19.1. The summed E-state index contributed by atoms with van der Waals surface area (Å²) < 4.78 is 2.50. The lowest BCUT2D eigenvalue weighted by Gasteiger charge is -2.22. The molecule has 28 heavy (non-hydrogen) atoms. The zero-order valence-corrected chi connectivity index (χ0v) is 17.0. The van der Waals surface area contributed by atoms with Gasteiger partial charge in [-0.1, -0.05) is 24.1 Å². The summed E-state index contributed by atoms with van der Waals surface area (Å²) in [7, 11) is 1.87. The Morgan fingerprint density at radius 3 is 2.39 bits per heavy atom. The van der Waals surface area contributed by atoms with Crippen LogP contribution in [0.15, 0.2) is 42.7 Å². The highest BCUT2D eigenvalue weighted by Crippen LogP contribution is 2.36. The van der Waals surface area contributed by atoms with E-state index in [9.17, 15) is 0 Å². The van der Waals surface area contributed by atoms with Crippen molar-refractivity contribution in [3.8, 4) is 11.3 Å². The average molecular weight is 393 g/mol. The van der Waals surface area contributed by atoms with Crippen LogP contribution in [0.4, 0.5) is 11.5 Å². The van der Waals surface area contributed by atoms with Gasteiger partial charge in [-0.2, -0.15) is 0 Å². The third-order valence-corrected chi connectivity index (χ3v) is 6.75. The Hall–Kier alpha value is -2.38. The van der Waals surface area contributed by atoms with Crippen molar-refractivity contribution in [2.24, 2.45) is 11.8 Å². The molecule has 4 heterocycles. The first-order valence-electron chi connectivity index (χ1n) is 9.69. The normalized spacial score (nSPS) is 22.0. The molecule has 1 N–H and O–H groups in total. The summed E-state index contributed by atoms with van der Waals surface area (Å²) in [4.78, 5) is 16.1. The quantitative estimate of drug-likeness (QED) is 0.683. The molecule has 0 spiro atoms. The first kappa shape index (κ1) is 17.7. The van der Waals surface area contributed by atoms with Gasteiger partial charge in [-0.3, -0.25) is 9.29 Å². The van der Waals surface area contributed by atoms with Crippen LogP contribution < -0.4 is 10.2 Å². The van der Waals surface area contributed by atoms with Crippen molar-refractivity contribution >= 4 is 34.5 Å². The van der Waals surface area contributed by atoms with E-state index < -0.39 is 0 Å². The lowest BCUT2D eigenvalue weighted by molar-refractivity contribution is 0.533. The minimum atomic E-state index is 0.760. The van der Waals surface area contributed by atoms with Gasteiger partial charge in [0, 0.05) is 56.9 Å². The van der Waals surface area contributed by atoms with Gasteiger partial charge in [-0.05, 0) is 36.3 Å². The molecule has 1 aromatic carbocycles. The Balaban J connectivity index is 1.38. The van der Waals surface area contributed by atoms with E-state index in [1.165, 1.54) is 18.8 Å². The van der Waals surface area contributed by atoms with Crippen molar-refractivity contribution in [2.75, 3.05) is 49.7 Å². The monoisotopic (exact) mass is 392 g/mol. The van der Waals surface area contributed by atoms with Gasteiger partial charge in [0.15, 0.2) is 5.82 Å². The van der Waals surface area contributed by atoms with Gasteiger partial charge in [-0.15, -0.1) is 0 Å². The summed E-state index contributed by atoms with van der Waals surface area (Å²) in [5, 5.41) is 3.14. The summed E-state index contributed by atoms with van der Waals surface area (Å²) in [5.74, 6) is 2.35. The van der Waals surface area contributed by atoms with Crippen molar-refractivity contribution in [3.63, 3.8) is 0 Å². The smallest absolute Gasteiger partial charge is 0.154 e. The van der Waals surface area contributed by atoms with Crippen molar-refractivity contribution in [1.82, 2.24) is 19.3 Å². The van der Waals surface area contributed by atoms with E-state index in [1.54, 1.807) is 12.4 Å². The second-order valence-electron chi connectivity index (χ2n) is 7.53. The fourth-order valence-electron chi connectivity index (χ4n) is 4.45. The molecular formula is C21H24N6S. The van der Waals surface area contributed by atoms with Crippen molar-refractivity contribution in [2.45, 2.75) is 0 Å². The molecule has 2 atom stereocenters. The molecule has 0 amide bonds. The van der Waals surface area contributed by atoms with E-state index in [-0.39, 0.29) is 0 Å². The van der Waals surface area contributed by atoms with E-state index in [0.717, 1.165) is 53.0 Å². The molecule has 2 saturated heterocycles. The second kappa shape index (κ2) is 7.22. The van der Waals surface area contributed by atoms with E-state index >= 15 is 0 Å². The number of hydrogen-bond acceptors (Lipinski definition) is 7. The summed E-state index contributed by atoms with van der Waals surface area (Å²) in [6.07, 6.45) is 5.60. The van der Waals surface area contributed by atoms with Crippen LogP contribution in [0.3, 0.4) is 0 Å². The number of fused-ring (bicyclic) bond motifs is 2. The zero-order valence-electron chi connectivity index (χ0n) is 16.2. The molecule has 144 valence electrons. The molecule has 0 radical (unpaired) electrons. The minimum absolute atomic E-state index is 0.760. The predicted octanol–water partition coefficient (Wildman–Crippen LogP) is 3.38. The van der Waals surface area contributed by atoms with Crippen LogP contribution in [-0.2, 0) is 0 Å². The lowest BCUT2D eigenvalue weighted by atomic mass is 10.0. The number of aromatic nitrogens is 3. The number of pyridine rings is 1. The maximum Gasteiger partial charge on any atom is 0.154 e. The third kappa shape index (κ3) is 3.08. The van der Waals surface area contributed by atoms with Crippen LogP contribution >= 0.6 is 11.9 Å². The van der Waals surface area contributed by atoms with Gasteiger partial charge in [0.05, 0.1) is 11.2 Å². The van der Waals surface area contributed by atoms with Crippen LogP contribution in [0.25, 0.3) is 22.3 Å². The molecular weight excluding hydrogens is 368 g/mol. The Morgan fingerprint density at radius 2 is 1.71 bits per heavy atom. The molecule has 2 aliphatic rings. The van der Waals surface area contributed by atoms with Crippen LogP contribution in [0.1, 0.15) is 0 Å². The second-order valence-corrected chi connectivity index (χ2v) is 8.41. The van der Waals surface area contributed by atoms with Gasteiger partial charge in [0.1, 0.15) is 5.52 Å². The summed E-state index contributed by atoms with van der Waals surface area (Å²) in [6.45, 7) is 4.76. The molecule has 3 aromatic rings. The highest BCUT2D eigenvalue weighted by Gasteiger charge is 2.39. The van der Waals surface area contributed by atoms with E-state index in [2.05, 4.69) is 55.0 Å². The van der Waals surface area contributed by atoms with Crippen LogP contribution in [0, 0.1) is 11.8 Å². The molecule has 2 fully saturated rings. The maximum absolute atomic E-state index is 4.75. The highest BCUT2D eigenvalue weighted by molar-refractivity contribution is 7.96. The fraction of sp³-hybridized carbons (Fsp3) is 0.381. The van der Waals surface area contributed by atoms with Gasteiger partial charge < -0.3 is 10.2 Å². The van der Waals surface area contributed by atoms with E-state index in [0.29, 0.717) is 0 Å². The van der Waals surface area contributed by atoms with Crippen LogP contribution in [0.5, 0.6) is 0 Å². The van der Waals surface area contributed by atoms with E-state index in [4.69, 9.17) is 4.98 Å². The summed E-state index contributed by atoms with van der Waals surface area (Å²) >= 11 is 1.88. The lowest BCUT2D eigenvalue weighted by Crippen LogP contribution is -2.25. The number of anilines is 2. The first-order valence-corrected chi connectivity index (χ1v) is 10.9. The summed E-state index contributed by atoms with van der Waals surface area (Å²) in [5.41, 5.74) is 4.97. The van der Waals surface area contributed by atoms with Gasteiger partial charge in [-0.25, -0.2) is 9.97 Å². The number of rotatable bonds is 4.